The van der Waals surface area contributed by atoms with Crippen LogP contribution in [0, 0.1) is 5.82 Å². The monoisotopic (exact) mass is 545 g/mol. The highest BCUT2D eigenvalue weighted by Gasteiger charge is 2.33. The van der Waals surface area contributed by atoms with Gasteiger partial charge in [-0.15, -0.1) is 0 Å². The molecule has 202 valence electrons. The van der Waals surface area contributed by atoms with Crippen LogP contribution in [0.5, 0.6) is 0 Å². The van der Waals surface area contributed by atoms with Gasteiger partial charge >= 0.3 is 6.09 Å². The van der Waals surface area contributed by atoms with Crippen LogP contribution in [0.3, 0.4) is 0 Å². The van der Waals surface area contributed by atoms with Crippen LogP contribution in [0.2, 0.25) is 0 Å². The molecule has 0 aromatic heterocycles. The molecule has 0 saturated carbocycles. The SMILES string of the molecule is C=O.CC(=O)NCC1CN(c2ccc(C3=CCS(=O)(=NC(=O)[C@H](O)c4ccccc4)CC3)c(F)c2)C(=O)O1. The molecule has 2 N–H and O–H groups in total. The van der Waals surface area contributed by atoms with Crippen LogP contribution in [0.1, 0.15) is 30.6 Å². The van der Waals surface area contributed by atoms with E-state index in [-0.39, 0.29) is 36.9 Å². The van der Waals surface area contributed by atoms with E-state index in [1.807, 2.05) is 6.79 Å². The lowest BCUT2D eigenvalue weighted by Crippen LogP contribution is -2.33. The maximum absolute atomic E-state index is 15.0. The molecule has 3 atom stereocenters. The van der Waals surface area contributed by atoms with E-state index in [1.54, 1.807) is 48.5 Å². The lowest BCUT2D eigenvalue weighted by atomic mass is 10.0. The maximum atomic E-state index is 15.0. The number of benzene rings is 2. The van der Waals surface area contributed by atoms with Gasteiger partial charge in [-0.1, -0.05) is 36.4 Å². The van der Waals surface area contributed by atoms with E-state index in [0.717, 1.165) is 0 Å². The average molecular weight is 546 g/mol. The number of nitrogens with one attached hydrogen (secondary N) is 1. The Kier molecular flexibility index (Phi) is 9.48. The molecule has 2 aliphatic rings. The first-order chi connectivity index (χ1) is 18.1. The van der Waals surface area contributed by atoms with Gasteiger partial charge in [-0.2, -0.15) is 4.36 Å². The van der Waals surface area contributed by atoms with E-state index < -0.39 is 39.8 Å². The summed E-state index contributed by atoms with van der Waals surface area (Å²) in [6.07, 6.45) is -0.820. The van der Waals surface area contributed by atoms with Crippen LogP contribution >= 0.6 is 0 Å². The van der Waals surface area contributed by atoms with Crippen LogP contribution in [0.15, 0.2) is 59.0 Å². The number of hydrogen-bond donors (Lipinski definition) is 2. The van der Waals surface area contributed by atoms with Gasteiger partial charge in [-0.05, 0) is 35.8 Å². The molecule has 4 rings (SSSR count). The average Bonchev–Trinajstić information content (AvgIpc) is 3.29. The Morgan fingerprint density at radius 2 is 1.97 bits per heavy atom. The summed E-state index contributed by atoms with van der Waals surface area (Å²) in [5, 5.41) is 12.8. The van der Waals surface area contributed by atoms with Gasteiger partial charge in [0.25, 0.3) is 5.91 Å². The van der Waals surface area contributed by atoms with Crippen molar-refractivity contribution in [3.8, 4) is 0 Å². The first-order valence-electron chi connectivity index (χ1n) is 11.6. The lowest BCUT2D eigenvalue weighted by molar-refractivity contribution is -0.125. The molecule has 12 heteroatoms. The highest BCUT2D eigenvalue weighted by Crippen LogP contribution is 2.31. The highest BCUT2D eigenvalue weighted by molar-refractivity contribution is 7.94. The van der Waals surface area contributed by atoms with Crippen molar-refractivity contribution in [2.45, 2.75) is 25.6 Å². The van der Waals surface area contributed by atoms with Crippen molar-refractivity contribution in [2.75, 3.05) is 29.5 Å². The number of carbonyl (C=O) groups is 4. The van der Waals surface area contributed by atoms with Crippen molar-refractivity contribution in [1.29, 1.82) is 0 Å². The first kappa shape index (κ1) is 28.7. The van der Waals surface area contributed by atoms with Gasteiger partial charge in [0.15, 0.2) is 6.10 Å². The molecular formula is C26H28FN3O7S. The van der Waals surface area contributed by atoms with Crippen molar-refractivity contribution in [1.82, 2.24) is 5.32 Å². The largest absolute Gasteiger partial charge is 0.442 e. The number of aliphatic hydroxyl groups is 1. The third-order valence-electron chi connectivity index (χ3n) is 5.95. The summed E-state index contributed by atoms with van der Waals surface area (Å²) in [4.78, 5) is 44.9. The second kappa shape index (κ2) is 12.6. The fourth-order valence-corrected chi connectivity index (χ4v) is 5.79. The van der Waals surface area contributed by atoms with E-state index in [0.29, 0.717) is 22.4 Å². The predicted octanol–water partition coefficient (Wildman–Crippen LogP) is 2.62. The lowest BCUT2D eigenvalue weighted by Gasteiger charge is -2.19. The fourth-order valence-electron chi connectivity index (χ4n) is 4.03. The predicted molar refractivity (Wildman–Crippen MR) is 139 cm³/mol. The zero-order valence-corrected chi connectivity index (χ0v) is 21.5. The number of nitrogens with zero attached hydrogens (tertiary/aromatic N) is 2. The Hall–Kier alpha value is -3.90. The van der Waals surface area contributed by atoms with Gasteiger partial charge in [-0.3, -0.25) is 14.5 Å². The minimum atomic E-state index is -2.93. The van der Waals surface area contributed by atoms with Crippen LogP contribution in [-0.2, 0) is 28.8 Å². The van der Waals surface area contributed by atoms with Gasteiger partial charge in [0, 0.05) is 18.2 Å². The molecule has 38 heavy (non-hydrogen) atoms. The van der Waals surface area contributed by atoms with E-state index in [4.69, 9.17) is 9.53 Å². The number of amides is 3. The van der Waals surface area contributed by atoms with Crippen molar-refractivity contribution in [2.24, 2.45) is 4.36 Å². The van der Waals surface area contributed by atoms with Crippen LogP contribution < -0.4 is 10.2 Å². The van der Waals surface area contributed by atoms with Crippen molar-refractivity contribution in [3.05, 3.63) is 71.6 Å². The molecule has 0 bridgehead atoms. The number of cyclic esters (lactones) is 1. The van der Waals surface area contributed by atoms with Crippen molar-refractivity contribution < 1.29 is 37.6 Å². The zero-order valence-electron chi connectivity index (χ0n) is 20.7. The Bertz CT molecular complexity index is 1360. The van der Waals surface area contributed by atoms with Crippen LogP contribution in [-0.4, -0.2) is 64.7 Å². The number of halogens is 1. The third-order valence-corrected chi connectivity index (χ3v) is 7.99. The molecule has 2 aromatic rings. The Balaban J connectivity index is 0.00000195. The Labute approximate surface area is 219 Å². The molecular weight excluding hydrogens is 517 g/mol. The third kappa shape index (κ3) is 6.90. The summed E-state index contributed by atoms with van der Waals surface area (Å²) in [7, 11) is -2.93. The number of ether oxygens (including phenoxy) is 1. The van der Waals surface area contributed by atoms with Crippen molar-refractivity contribution in [3.63, 3.8) is 0 Å². The van der Waals surface area contributed by atoms with Gasteiger partial charge < -0.3 is 20.0 Å². The molecule has 2 heterocycles. The van der Waals surface area contributed by atoms with E-state index in [9.17, 15) is 23.7 Å². The molecule has 0 aliphatic carbocycles. The molecule has 1 saturated heterocycles. The van der Waals surface area contributed by atoms with Crippen molar-refractivity contribution >= 4 is 45.7 Å². The van der Waals surface area contributed by atoms with Gasteiger partial charge in [0.2, 0.25) is 5.91 Å². The summed E-state index contributed by atoms with van der Waals surface area (Å²) in [5.74, 6) is -1.66. The molecule has 2 unspecified atom stereocenters. The van der Waals surface area contributed by atoms with Gasteiger partial charge in [-0.25, -0.2) is 13.4 Å². The van der Waals surface area contributed by atoms with E-state index in [2.05, 4.69) is 9.68 Å². The Morgan fingerprint density at radius 3 is 2.58 bits per heavy atom. The topological polar surface area (TPSA) is 142 Å². The number of aliphatic hydroxyl groups excluding tert-OH is 1. The molecule has 3 amide bonds. The molecule has 2 aliphatic heterocycles. The molecule has 1 fully saturated rings. The minimum Gasteiger partial charge on any atom is -0.442 e. The van der Waals surface area contributed by atoms with Crippen LogP contribution in [0.25, 0.3) is 5.57 Å². The molecule has 0 radical (unpaired) electrons. The second-order valence-corrected chi connectivity index (χ2v) is 11.1. The fraction of sp³-hybridized carbons (Fsp3) is 0.308. The number of anilines is 1. The van der Waals surface area contributed by atoms with Gasteiger partial charge in [0.05, 0.1) is 34.3 Å². The first-order valence-corrected chi connectivity index (χ1v) is 13.5. The number of rotatable bonds is 6. The molecule has 10 nitrogen and oxygen atoms in total. The minimum absolute atomic E-state index is 0.0416. The van der Waals surface area contributed by atoms with Gasteiger partial charge in [0.1, 0.15) is 18.7 Å². The molecule has 0 spiro atoms. The highest BCUT2D eigenvalue weighted by atomic mass is 32.2. The normalized spacial score (nSPS) is 21.3. The number of allylic oxidation sites excluding steroid dienone is 1. The van der Waals surface area contributed by atoms with E-state index in [1.165, 1.54) is 17.9 Å². The quantitative estimate of drug-likeness (QED) is 0.568. The Morgan fingerprint density at radius 1 is 1.26 bits per heavy atom. The summed E-state index contributed by atoms with van der Waals surface area (Å²) < 4.78 is 37.1. The standard InChI is InChI=1S/C25H26FN3O6S.CH2O/c1-16(30)27-14-20-15-29(25(33)35-20)19-7-8-21(22(26)13-19)17-9-11-36(34,12-10-17)28-24(32)23(31)18-5-3-2-4-6-18;1-2/h2-9,13,20,23,31H,10-12,14-15H2,1H3,(H,27,30);1H2/t20?,23-,36?;/m1./s1. The second-order valence-electron chi connectivity index (χ2n) is 8.58. The number of hydrogen-bond acceptors (Lipinski definition) is 7. The van der Waals surface area contributed by atoms with Crippen LogP contribution in [0.4, 0.5) is 14.9 Å². The molecule has 2 aromatic carbocycles. The summed E-state index contributed by atoms with van der Waals surface area (Å²) in [5.41, 5.74) is 1.61. The summed E-state index contributed by atoms with van der Waals surface area (Å²) >= 11 is 0. The maximum Gasteiger partial charge on any atom is 0.414 e. The smallest absolute Gasteiger partial charge is 0.414 e. The zero-order chi connectivity index (χ0) is 27.9. The number of carbonyl (C=O) groups excluding carboxylic acids is 4. The summed E-state index contributed by atoms with van der Waals surface area (Å²) in [6.45, 7) is 3.70. The summed E-state index contributed by atoms with van der Waals surface area (Å²) in [6, 6.07) is 12.6. The van der Waals surface area contributed by atoms with E-state index >= 15 is 4.39 Å².